The Balaban J connectivity index is 3.15. The maximum atomic E-state index is 13.9. The van der Waals surface area contributed by atoms with Crippen LogP contribution in [0.1, 0.15) is 17.3 Å². The molecule has 0 heterocycles. The molecule has 1 amide bonds. The molecule has 0 aliphatic carbocycles. The van der Waals surface area contributed by atoms with Crippen molar-refractivity contribution in [2.24, 2.45) is 5.14 Å². The fourth-order valence-electron chi connectivity index (χ4n) is 1.37. The summed E-state index contributed by atoms with van der Waals surface area (Å²) in [6, 6.07) is 1.33. The Bertz CT molecular complexity index is 619. The first kappa shape index (κ1) is 16.5. The maximum absolute atomic E-state index is 13.9. The Morgan fingerprint density at radius 2 is 2.05 bits per heavy atom. The van der Waals surface area contributed by atoms with Crippen LogP contribution in [0.2, 0.25) is 0 Å². The molecule has 0 saturated carbocycles. The van der Waals surface area contributed by atoms with Crippen LogP contribution in [0.15, 0.2) is 17.0 Å². The van der Waals surface area contributed by atoms with Gasteiger partial charge in [-0.15, -0.1) is 0 Å². The van der Waals surface area contributed by atoms with E-state index in [0.29, 0.717) is 12.1 Å². The molecule has 3 N–H and O–H groups in total. The summed E-state index contributed by atoms with van der Waals surface area (Å²) in [7, 11) is -2.99. The summed E-state index contributed by atoms with van der Waals surface area (Å²) < 4.78 is 54.5. The molecule has 0 radical (unpaired) electrons. The first-order chi connectivity index (χ1) is 9.18. The highest BCUT2D eigenvalue weighted by Crippen LogP contribution is 2.20. The second-order valence-corrected chi connectivity index (χ2v) is 5.57. The fourth-order valence-corrected chi connectivity index (χ4v) is 1.98. The number of primary sulfonamides is 1. The zero-order chi connectivity index (χ0) is 15.5. The zero-order valence-corrected chi connectivity index (χ0v) is 11.6. The van der Waals surface area contributed by atoms with Crippen LogP contribution >= 0.6 is 0 Å². The van der Waals surface area contributed by atoms with Gasteiger partial charge in [-0.25, -0.2) is 22.3 Å². The van der Waals surface area contributed by atoms with Gasteiger partial charge in [0.1, 0.15) is 16.3 Å². The third kappa shape index (κ3) is 3.71. The van der Waals surface area contributed by atoms with Crippen LogP contribution in [-0.2, 0) is 14.8 Å². The van der Waals surface area contributed by atoms with Gasteiger partial charge in [0.05, 0.1) is 6.10 Å². The summed E-state index contributed by atoms with van der Waals surface area (Å²) in [5.74, 6) is -3.79. The molecule has 112 valence electrons. The molecule has 1 aromatic rings. The molecule has 1 aromatic carbocycles. The minimum absolute atomic E-state index is 0.00775. The lowest BCUT2D eigenvalue weighted by molar-refractivity contribution is 0.0862. The standard InChI is InChI=1S/C11H14F2N2O4S/c1-6(19-2)5-15-11(16)9-7(12)3-4-8(10(9)13)20(14,17)18/h3-4,6H,5H2,1-2H3,(H,15,16)(H2,14,17,18). The molecular weight excluding hydrogens is 294 g/mol. The van der Waals surface area contributed by atoms with Crippen molar-refractivity contribution in [3.8, 4) is 0 Å². The summed E-state index contributed by atoms with van der Waals surface area (Å²) in [5.41, 5.74) is -1.00. The molecule has 20 heavy (non-hydrogen) atoms. The third-order valence-corrected chi connectivity index (χ3v) is 3.47. The lowest BCUT2D eigenvalue weighted by Gasteiger charge is -2.12. The van der Waals surface area contributed by atoms with Crippen LogP contribution < -0.4 is 10.5 Å². The lowest BCUT2D eigenvalue weighted by Crippen LogP contribution is -2.33. The third-order valence-electron chi connectivity index (χ3n) is 2.54. The monoisotopic (exact) mass is 308 g/mol. The highest BCUT2D eigenvalue weighted by Gasteiger charge is 2.25. The van der Waals surface area contributed by atoms with Crippen molar-refractivity contribution in [3.05, 3.63) is 29.3 Å². The molecule has 0 spiro atoms. The molecule has 0 saturated heterocycles. The molecule has 0 aliphatic heterocycles. The number of ether oxygens (including phenoxy) is 1. The number of carbonyl (C=O) groups excluding carboxylic acids is 1. The van der Waals surface area contributed by atoms with Crippen molar-refractivity contribution in [1.82, 2.24) is 5.32 Å². The van der Waals surface area contributed by atoms with Gasteiger partial charge < -0.3 is 10.1 Å². The number of nitrogens with two attached hydrogens (primary N) is 1. The topological polar surface area (TPSA) is 98.5 Å². The number of benzene rings is 1. The normalized spacial score (nSPS) is 13.1. The number of halogens is 2. The zero-order valence-electron chi connectivity index (χ0n) is 10.8. The Morgan fingerprint density at radius 3 is 2.55 bits per heavy atom. The molecule has 9 heteroatoms. The number of methoxy groups -OCH3 is 1. The number of sulfonamides is 1. The van der Waals surface area contributed by atoms with Crippen LogP contribution in [-0.4, -0.2) is 34.1 Å². The minimum Gasteiger partial charge on any atom is -0.380 e. The summed E-state index contributed by atoms with van der Waals surface area (Å²) in [5, 5.41) is 7.01. The van der Waals surface area contributed by atoms with Gasteiger partial charge >= 0.3 is 0 Å². The number of rotatable bonds is 5. The van der Waals surface area contributed by atoms with E-state index in [1.165, 1.54) is 7.11 Å². The van der Waals surface area contributed by atoms with Crippen molar-refractivity contribution >= 4 is 15.9 Å². The summed E-state index contributed by atoms with van der Waals surface area (Å²) in [4.78, 5) is 10.8. The van der Waals surface area contributed by atoms with E-state index in [-0.39, 0.29) is 12.6 Å². The Kier molecular flexibility index (Phi) is 5.15. The van der Waals surface area contributed by atoms with Gasteiger partial charge in [-0.2, -0.15) is 0 Å². The van der Waals surface area contributed by atoms with Crippen molar-refractivity contribution in [2.75, 3.05) is 13.7 Å². The highest BCUT2D eigenvalue weighted by molar-refractivity contribution is 7.89. The van der Waals surface area contributed by atoms with Crippen LogP contribution in [0.3, 0.4) is 0 Å². The van der Waals surface area contributed by atoms with E-state index in [4.69, 9.17) is 9.88 Å². The highest BCUT2D eigenvalue weighted by atomic mass is 32.2. The summed E-state index contributed by atoms with van der Waals surface area (Å²) in [6.45, 7) is 1.64. The van der Waals surface area contributed by atoms with E-state index in [1.54, 1.807) is 6.92 Å². The summed E-state index contributed by atoms with van der Waals surface area (Å²) >= 11 is 0. The molecule has 1 atom stereocenters. The van der Waals surface area contributed by atoms with Gasteiger partial charge in [-0.3, -0.25) is 4.79 Å². The van der Waals surface area contributed by atoms with E-state index >= 15 is 0 Å². The second kappa shape index (κ2) is 6.25. The van der Waals surface area contributed by atoms with E-state index in [9.17, 15) is 22.0 Å². The van der Waals surface area contributed by atoms with Gasteiger partial charge in [-0.05, 0) is 19.1 Å². The fraction of sp³-hybridized carbons (Fsp3) is 0.364. The molecule has 1 rings (SSSR count). The molecule has 6 nitrogen and oxygen atoms in total. The van der Waals surface area contributed by atoms with Gasteiger partial charge in [0.25, 0.3) is 5.91 Å². The van der Waals surface area contributed by atoms with Crippen LogP contribution in [0.4, 0.5) is 8.78 Å². The minimum atomic E-state index is -4.39. The van der Waals surface area contributed by atoms with Crippen LogP contribution in [0.25, 0.3) is 0 Å². The van der Waals surface area contributed by atoms with Crippen molar-refractivity contribution < 1.29 is 26.7 Å². The Labute approximate surface area is 115 Å². The molecule has 0 fully saturated rings. The average Bonchev–Trinajstić information content (AvgIpc) is 2.34. The van der Waals surface area contributed by atoms with E-state index in [0.717, 1.165) is 0 Å². The average molecular weight is 308 g/mol. The van der Waals surface area contributed by atoms with Crippen molar-refractivity contribution in [1.29, 1.82) is 0 Å². The maximum Gasteiger partial charge on any atom is 0.257 e. The molecule has 0 aliphatic rings. The SMILES string of the molecule is COC(C)CNC(=O)c1c(F)ccc(S(N)(=O)=O)c1F. The van der Waals surface area contributed by atoms with Gasteiger partial charge in [0.15, 0.2) is 5.82 Å². The summed E-state index contributed by atoms with van der Waals surface area (Å²) in [6.07, 6.45) is -0.369. The number of amides is 1. The number of hydrogen-bond donors (Lipinski definition) is 2. The van der Waals surface area contributed by atoms with Gasteiger partial charge in [0.2, 0.25) is 10.0 Å². The molecule has 1 unspecified atom stereocenters. The molecule has 0 bridgehead atoms. The predicted molar refractivity (Wildman–Crippen MR) is 66.5 cm³/mol. The molecular formula is C11H14F2N2O4S. The lowest BCUT2D eigenvalue weighted by atomic mass is 10.2. The Hall–Kier alpha value is -1.58. The smallest absolute Gasteiger partial charge is 0.257 e. The first-order valence-electron chi connectivity index (χ1n) is 5.50. The second-order valence-electron chi connectivity index (χ2n) is 4.04. The van der Waals surface area contributed by atoms with Crippen LogP contribution in [0, 0.1) is 11.6 Å². The number of hydrogen-bond acceptors (Lipinski definition) is 4. The largest absolute Gasteiger partial charge is 0.380 e. The Morgan fingerprint density at radius 1 is 1.45 bits per heavy atom. The van der Waals surface area contributed by atoms with Gasteiger partial charge in [-0.1, -0.05) is 0 Å². The number of nitrogens with one attached hydrogen (secondary N) is 1. The van der Waals surface area contributed by atoms with Crippen LogP contribution in [0.5, 0.6) is 0 Å². The van der Waals surface area contributed by atoms with Crippen molar-refractivity contribution in [3.63, 3.8) is 0 Å². The quantitative estimate of drug-likeness (QED) is 0.821. The van der Waals surface area contributed by atoms with E-state index in [2.05, 4.69) is 5.32 Å². The van der Waals surface area contributed by atoms with Crippen molar-refractivity contribution in [2.45, 2.75) is 17.9 Å². The predicted octanol–water partition coefficient (Wildman–Crippen LogP) is 0.377. The number of carbonyl (C=O) groups is 1. The van der Waals surface area contributed by atoms with E-state index < -0.39 is 38.0 Å². The van der Waals surface area contributed by atoms with E-state index in [1.807, 2.05) is 0 Å². The van der Waals surface area contributed by atoms with Gasteiger partial charge in [0, 0.05) is 13.7 Å². The molecule has 0 aromatic heterocycles. The first-order valence-corrected chi connectivity index (χ1v) is 7.05.